The maximum Gasteiger partial charge on any atom is 0.326 e. The highest BCUT2D eigenvalue weighted by atomic mass is 16.4. The van der Waals surface area contributed by atoms with Gasteiger partial charge in [0.05, 0.1) is 12.5 Å². The largest absolute Gasteiger partial charge is 0.508 e. The van der Waals surface area contributed by atoms with Crippen molar-refractivity contribution in [1.82, 2.24) is 31.9 Å². The molecule has 0 aliphatic carbocycles. The second-order valence-corrected chi connectivity index (χ2v) is 16.1. The van der Waals surface area contributed by atoms with E-state index in [2.05, 4.69) is 36.9 Å². The zero-order chi connectivity index (χ0) is 50.6. The first-order chi connectivity index (χ1) is 31.6. The van der Waals surface area contributed by atoms with Crippen molar-refractivity contribution in [3.05, 3.63) is 29.8 Å². The summed E-state index contributed by atoms with van der Waals surface area (Å²) in [4.78, 5) is 122. The van der Waals surface area contributed by atoms with E-state index in [0.29, 0.717) is 37.8 Å². The highest BCUT2D eigenvalue weighted by Gasteiger charge is 2.35. The number of nitrogens with one attached hydrogen (secondary N) is 6. The van der Waals surface area contributed by atoms with Crippen LogP contribution in [0, 0.1) is 5.92 Å². The minimum Gasteiger partial charge on any atom is -0.508 e. The summed E-state index contributed by atoms with van der Waals surface area (Å²) in [5.74, 6) is -10.2. The Labute approximate surface area is 389 Å². The third kappa shape index (κ3) is 23.4. The molecule has 0 aromatic heterocycles. The molecule has 0 spiro atoms. The molecule has 0 bridgehead atoms. The van der Waals surface area contributed by atoms with Crippen LogP contribution in [-0.4, -0.2) is 136 Å². The van der Waals surface area contributed by atoms with E-state index in [9.17, 15) is 58.5 Å². The Balaban J connectivity index is 3.58. The van der Waals surface area contributed by atoms with E-state index in [1.54, 1.807) is 13.8 Å². The number of aliphatic imine (C=N–C) groups is 1. The maximum atomic E-state index is 14.2. The summed E-state index contributed by atoms with van der Waals surface area (Å²) < 4.78 is 0. The highest BCUT2D eigenvalue weighted by Crippen LogP contribution is 2.14. The lowest BCUT2D eigenvalue weighted by atomic mass is 9.98. The average molecular weight is 950 g/mol. The van der Waals surface area contributed by atoms with Crippen molar-refractivity contribution in [2.45, 2.75) is 140 Å². The van der Waals surface area contributed by atoms with Crippen LogP contribution in [-0.2, 0) is 49.6 Å². The number of benzene rings is 1. The maximum absolute atomic E-state index is 14.2. The van der Waals surface area contributed by atoms with E-state index in [0.717, 1.165) is 0 Å². The minimum absolute atomic E-state index is 0.0182. The fraction of sp³-hybridized carbons (Fsp3) is 0.619. The number of carbonyl (C=O) groups is 9. The van der Waals surface area contributed by atoms with Crippen LogP contribution in [0.25, 0.3) is 0 Å². The van der Waals surface area contributed by atoms with Crippen LogP contribution in [0.1, 0.15) is 96.5 Å². The summed E-state index contributed by atoms with van der Waals surface area (Å²) in [6.07, 6.45) is 0.492. The zero-order valence-corrected chi connectivity index (χ0v) is 38.2. The molecule has 0 heterocycles. The van der Waals surface area contributed by atoms with Crippen molar-refractivity contribution in [2.75, 3.05) is 19.6 Å². The molecule has 376 valence electrons. The molecule has 67 heavy (non-hydrogen) atoms. The van der Waals surface area contributed by atoms with Crippen LogP contribution in [0.5, 0.6) is 5.75 Å². The fourth-order valence-corrected chi connectivity index (χ4v) is 6.49. The standard InChI is InChI=1S/C42H71N13O12/c1-3-23(2)34(41(66)67)55-40(65)31(22-33(58)59)54-39(64)30(21-24-12-14-25(56)15-13-24)53-37(62)27(10-5-7-19-44)51-38(63)29(16-17-32(46)57)52-36(61)28(11-8-20-49-42(47)48)50-35(60)26(45)9-4-6-18-43/h12-15,23,26-31,34,56H,3-11,16-22,43-45H2,1-2H3,(H2,46,57)(H,50,60)(H,51,63)(H,52,61)(H,53,62)(H,54,64)(H,55,65)(H,58,59)(H,66,67)(H4,47,48,49)/t23-,26-,27-,28-,29-,30-,31-,34-/m0/s1. The number of hydrogen-bond acceptors (Lipinski definition) is 14. The molecule has 1 aromatic carbocycles. The van der Waals surface area contributed by atoms with Gasteiger partial charge in [0.2, 0.25) is 41.4 Å². The van der Waals surface area contributed by atoms with E-state index in [4.69, 9.17) is 34.4 Å². The van der Waals surface area contributed by atoms with E-state index in [1.165, 1.54) is 24.3 Å². The number of unbranched alkanes of at least 4 members (excludes halogenated alkanes) is 2. The van der Waals surface area contributed by atoms with Crippen LogP contribution in [0.4, 0.5) is 0 Å². The molecule has 7 amide bonds. The van der Waals surface area contributed by atoms with E-state index < -0.39 is 114 Å². The molecular formula is C42H71N13O12. The topological polar surface area (TPSA) is 455 Å². The second-order valence-electron chi connectivity index (χ2n) is 16.1. The van der Waals surface area contributed by atoms with Gasteiger partial charge >= 0.3 is 11.9 Å². The Morgan fingerprint density at radius 2 is 1.07 bits per heavy atom. The average Bonchev–Trinajstić information content (AvgIpc) is 3.26. The summed E-state index contributed by atoms with van der Waals surface area (Å²) in [6, 6.07) is -4.55. The van der Waals surface area contributed by atoms with Crippen molar-refractivity contribution in [3.63, 3.8) is 0 Å². The molecule has 8 atom stereocenters. The number of carboxylic acids is 2. The van der Waals surface area contributed by atoms with Crippen molar-refractivity contribution in [2.24, 2.45) is 45.3 Å². The normalized spacial score (nSPS) is 14.5. The Morgan fingerprint density at radius 3 is 1.57 bits per heavy atom. The molecule has 1 aromatic rings. The van der Waals surface area contributed by atoms with Gasteiger partial charge in [-0.1, -0.05) is 38.8 Å². The Kier molecular flexibility index (Phi) is 27.3. The second kappa shape index (κ2) is 31.3. The summed E-state index contributed by atoms with van der Waals surface area (Å²) in [6.45, 7) is 3.91. The van der Waals surface area contributed by atoms with Gasteiger partial charge in [0.15, 0.2) is 5.96 Å². The number of rotatable bonds is 34. The number of nitrogens with two attached hydrogens (primary N) is 6. The first-order valence-corrected chi connectivity index (χ1v) is 22.2. The van der Waals surface area contributed by atoms with Gasteiger partial charge < -0.3 is 81.6 Å². The molecule has 0 saturated carbocycles. The third-order valence-corrected chi connectivity index (χ3v) is 10.6. The molecule has 0 aliphatic rings. The Hall–Kier alpha value is -6.60. The van der Waals surface area contributed by atoms with E-state index in [-0.39, 0.29) is 69.7 Å². The minimum atomic E-state index is -1.81. The van der Waals surface area contributed by atoms with Crippen molar-refractivity contribution in [3.8, 4) is 5.75 Å². The SMILES string of the molecule is CC[C@H](C)[C@H](NC(=O)[C@H](CC(=O)O)NC(=O)[C@H](Cc1ccc(O)cc1)NC(=O)[C@H](CCCCN)NC(=O)[C@H](CCC(N)=O)NC(=O)[C@H](CCCN=C(N)N)NC(=O)[C@@H](N)CCCCN)C(=O)O. The molecule has 25 heteroatoms. The number of nitrogens with zero attached hydrogens (tertiary/aromatic N) is 1. The number of carbonyl (C=O) groups excluding carboxylic acids is 7. The molecule has 0 aliphatic heterocycles. The predicted molar refractivity (Wildman–Crippen MR) is 245 cm³/mol. The number of aliphatic carboxylic acids is 2. The summed E-state index contributed by atoms with van der Waals surface area (Å²) in [5.41, 5.74) is 34.0. The number of phenolic OH excluding ortho intramolecular Hbond substituents is 1. The number of amides is 7. The highest BCUT2D eigenvalue weighted by molar-refractivity contribution is 5.98. The third-order valence-electron chi connectivity index (χ3n) is 10.6. The lowest BCUT2D eigenvalue weighted by molar-refractivity contribution is -0.144. The monoisotopic (exact) mass is 950 g/mol. The van der Waals surface area contributed by atoms with Crippen LogP contribution < -0.4 is 66.3 Å². The molecule has 21 N–H and O–H groups in total. The van der Waals surface area contributed by atoms with Crippen molar-refractivity contribution >= 4 is 59.2 Å². The van der Waals surface area contributed by atoms with Gasteiger partial charge in [-0.3, -0.25) is 43.3 Å². The van der Waals surface area contributed by atoms with Crippen LogP contribution in [0.15, 0.2) is 29.3 Å². The van der Waals surface area contributed by atoms with Crippen molar-refractivity contribution < 1.29 is 58.5 Å². The lowest BCUT2D eigenvalue weighted by Gasteiger charge is -2.28. The predicted octanol–water partition coefficient (Wildman–Crippen LogP) is -3.65. The van der Waals surface area contributed by atoms with Gasteiger partial charge in [-0.15, -0.1) is 0 Å². The molecule has 0 saturated heterocycles. The number of primary amides is 1. The molecule has 0 fully saturated rings. The van der Waals surface area contributed by atoms with Gasteiger partial charge in [0.1, 0.15) is 42.0 Å². The van der Waals surface area contributed by atoms with E-state index >= 15 is 0 Å². The van der Waals surface area contributed by atoms with Gasteiger partial charge in [-0.25, -0.2) is 4.79 Å². The molecule has 0 unspecified atom stereocenters. The van der Waals surface area contributed by atoms with Crippen LogP contribution >= 0.6 is 0 Å². The smallest absolute Gasteiger partial charge is 0.326 e. The number of hydrogen-bond donors (Lipinski definition) is 15. The molecular weight excluding hydrogens is 879 g/mol. The first kappa shape index (κ1) is 58.4. The molecule has 1 rings (SSSR count). The summed E-state index contributed by atoms with van der Waals surface area (Å²) in [7, 11) is 0. The summed E-state index contributed by atoms with van der Waals surface area (Å²) in [5, 5.41) is 44.0. The van der Waals surface area contributed by atoms with E-state index in [1.807, 2.05) is 0 Å². The summed E-state index contributed by atoms with van der Waals surface area (Å²) >= 11 is 0. The number of guanidine groups is 1. The van der Waals surface area contributed by atoms with Gasteiger partial charge in [-0.2, -0.15) is 0 Å². The zero-order valence-electron chi connectivity index (χ0n) is 38.2. The fourth-order valence-electron chi connectivity index (χ4n) is 6.49. The van der Waals surface area contributed by atoms with Gasteiger partial charge in [-0.05, 0) is 88.1 Å². The molecule has 25 nitrogen and oxygen atoms in total. The van der Waals surface area contributed by atoms with Gasteiger partial charge in [0.25, 0.3) is 0 Å². The Morgan fingerprint density at radius 1 is 0.612 bits per heavy atom. The first-order valence-electron chi connectivity index (χ1n) is 22.2. The number of phenols is 1. The van der Waals surface area contributed by atoms with Crippen molar-refractivity contribution in [1.29, 1.82) is 0 Å². The van der Waals surface area contributed by atoms with Gasteiger partial charge in [0, 0.05) is 19.4 Å². The quantitative estimate of drug-likeness (QED) is 0.0180. The van der Waals surface area contributed by atoms with Crippen LogP contribution in [0.2, 0.25) is 0 Å². The number of carboxylic acid groups (broad SMARTS) is 2. The number of aromatic hydroxyl groups is 1. The Bertz CT molecular complexity index is 1830. The lowest BCUT2D eigenvalue weighted by Crippen LogP contribution is -2.60. The molecule has 0 radical (unpaired) electrons. The van der Waals surface area contributed by atoms with Crippen LogP contribution in [0.3, 0.4) is 0 Å².